The number of fused-ring (bicyclic) bond motifs is 6. The molecule has 10 aromatic rings. The highest BCUT2D eigenvalue weighted by atomic mass is 15.2. The normalized spacial score (nSPS) is 13.7. The zero-order valence-electron chi connectivity index (χ0n) is 35.1. The Morgan fingerprint density at radius 2 is 0.844 bits per heavy atom. The molecule has 10 aromatic carbocycles. The van der Waals surface area contributed by atoms with Crippen molar-refractivity contribution in [3.63, 3.8) is 0 Å². The lowest BCUT2D eigenvalue weighted by Gasteiger charge is -2.52. The smallest absolute Gasteiger partial charge is 0.333 e. The Kier molecular flexibility index (Phi) is 8.26. The van der Waals surface area contributed by atoms with E-state index >= 15 is 0 Å². The first kappa shape index (κ1) is 36.5. The summed E-state index contributed by atoms with van der Waals surface area (Å²) in [4.78, 5) is 5.27. The molecule has 0 saturated heterocycles. The molecule has 0 fully saturated rings. The van der Waals surface area contributed by atoms with Gasteiger partial charge in [-0.2, -0.15) is 0 Å². The van der Waals surface area contributed by atoms with Gasteiger partial charge in [0.2, 0.25) is 0 Å². The van der Waals surface area contributed by atoms with E-state index in [9.17, 15) is 0 Å². The van der Waals surface area contributed by atoms with Crippen molar-refractivity contribution in [2.24, 2.45) is 0 Å². The zero-order valence-corrected chi connectivity index (χ0v) is 35.1. The molecule has 3 aliphatic rings. The SMILES string of the molecule is c1ccc(-c2cccc(N3B4c5cccc6c5N(c5ccccc5C6(c5ccccc5)c5ccccc5)c5cc(-c6ccccc6)cc(c54)-c4cc(-c5ccccc5)ccc43)c2)cc1. The van der Waals surface area contributed by atoms with E-state index in [-0.39, 0.29) is 6.85 Å². The number of benzene rings is 10. The van der Waals surface area contributed by atoms with Gasteiger partial charge in [-0.15, -0.1) is 0 Å². The molecule has 0 radical (unpaired) electrons. The lowest BCUT2D eigenvalue weighted by atomic mass is 9.42. The number of para-hydroxylation sites is 2. The summed E-state index contributed by atoms with van der Waals surface area (Å²) in [5, 5.41) is 0. The van der Waals surface area contributed by atoms with E-state index in [0.717, 1.165) is 5.69 Å². The summed E-state index contributed by atoms with van der Waals surface area (Å²) in [6.45, 7) is -0.142. The molecule has 0 N–H and O–H groups in total. The molecule has 3 heteroatoms. The van der Waals surface area contributed by atoms with Crippen LogP contribution in [0, 0.1) is 0 Å². The van der Waals surface area contributed by atoms with Crippen LogP contribution in [0.1, 0.15) is 22.3 Å². The molecular formula is C61H41BN2. The molecule has 0 amide bonds. The summed E-state index contributed by atoms with van der Waals surface area (Å²) in [7, 11) is 0. The minimum absolute atomic E-state index is 0.142. The van der Waals surface area contributed by atoms with Gasteiger partial charge in [0.25, 0.3) is 0 Å². The predicted octanol–water partition coefficient (Wildman–Crippen LogP) is 14.1. The zero-order chi connectivity index (χ0) is 42.2. The van der Waals surface area contributed by atoms with Crippen LogP contribution in [0.5, 0.6) is 0 Å². The van der Waals surface area contributed by atoms with Crippen LogP contribution in [0.25, 0.3) is 44.5 Å². The molecule has 3 heterocycles. The molecular weight excluding hydrogens is 771 g/mol. The van der Waals surface area contributed by atoms with Crippen molar-refractivity contribution in [3.8, 4) is 44.5 Å². The molecule has 0 atom stereocenters. The molecule has 64 heavy (non-hydrogen) atoms. The molecule has 0 spiro atoms. The minimum Gasteiger partial charge on any atom is -0.376 e. The monoisotopic (exact) mass is 812 g/mol. The first-order valence-electron chi connectivity index (χ1n) is 22.3. The van der Waals surface area contributed by atoms with Gasteiger partial charge in [-0.1, -0.05) is 206 Å². The van der Waals surface area contributed by atoms with Gasteiger partial charge in [0, 0.05) is 28.3 Å². The van der Waals surface area contributed by atoms with Crippen molar-refractivity contribution < 1.29 is 0 Å². The minimum atomic E-state index is -0.590. The number of hydrogen-bond donors (Lipinski definition) is 0. The Balaban J connectivity index is 1.17. The lowest BCUT2D eigenvalue weighted by molar-refractivity contribution is 0.732. The molecule has 0 aliphatic carbocycles. The number of anilines is 5. The van der Waals surface area contributed by atoms with Crippen LogP contribution in [0.2, 0.25) is 0 Å². The van der Waals surface area contributed by atoms with Crippen molar-refractivity contribution in [2.45, 2.75) is 5.41 Å². The highest BCUT2D eigenvalue weighted by Gasteiger charge is 2.53. The average Bonchev–Trinajstić information content (AvgIpc) is 3.38. The van der Waals surface area contributed by atoms with Crippen molar-refractivity contribution in [1.82, 2.24) is 0 Å². The van der Waals surface area contributed by atoms with E-state index in [1.165, 1.54) is 100 Å². The lowest BCUT2D eigenvalue weighted by Crippen LogP contribution is -2.62. The molecule has 298 valence electrons. The quantitative estimate of drug-likeness (QED) is 0.154. The Hall–Kier alpha value is -8.14. The fraction of sp³-hybridized carbons (Fsp3) is 0.0164. The summed E-state index contributed by atoms with van der Waals surface area (Å²) in [6.07, 6.45) is 0. The third kappa shape index (κ3) is 5.34. The standard InChI is InChI=1S/C61H41BN2/c1-6-20-42(21-7-1)45-26-18-31-50(38-45)64-56-37-36-46(43-22-8-2-9-23-43)39-51(56)52-40-47(44-24-10-3-11-25-44)41-58-59(52)62(64)55-34-19-33-54-60(55)63(58)57-35-17-16-32-53(57)61(54,48-27-12-4-13-28-48)49-29-14-5-15-30-49/h1-41H. The van der Waals surface area contributed by atoms with Gasteiger partial charge >= 0.3 is 6.85 Å². The van der Waals surface area contributed by atoms with Gasteiger partial charge in [0.05, 0.1) is 11.1 Å². The predicted molar refractivity (Wildman–Crippen MR) is 268 cm³/mol. The molecule has 0 bridgehead atoms. The Bertz CT molecular complexity index is 3350. The molecule has 2 nitrogen and oxygen atoms in total. The van der Waals surface area contributed by atoms with E-state index in [4.69, 9.17) is 0 Å². The van der Waals surface area contributed by atoms with Crippen LogP contribution in [0.3, 0.4) is 0 Å². The van der Waals surface area contributed by atoms with Crippen molar-refractivity contribution >= 4 is 46.2 Å². The highest BCUT2D eigenvalue weighted by molar-refractivity contribution is 6.93. The van der Waals surface area contributed by atoms with Crippen LogP contribution >= 0.6 is 0 Å². The topological polar surface area (TPSA) is 6.48 Å². The van der Waals surface area contributed by atoms with E-state index < -0.39 is 5.41 Å². The number of rotatable bonds is 6. The average molecular weight is 813 g/mol. The summed E-state index contributed by atoms with van der Waals surface area (Å²) < 4.78 is 0. The van der Waals surface area contributed by atoms with Crippen LogP contribution in [-0.4, -0.2) is 6.85 Å². The number of nitrogens with zero attached hydrogens (tertiary/aromatic N) is 2. The van der Waals surface area contributed by atoms with Gasteiger partial charge in [-0.3, -0.25) is 0 Å². The van der Waals surface area contributed by atoms with E-state index in [0.29, 0.717) is 0 Å². The van der Waals surface area contributed by atoms with E-state index in [1.807, 2.05) is 0 Å². The van der Waals surface area contributed by atoms with Crippen LogP contribution in [0.15, 0.2) is 249 Å². The third-order valence-electron chi connectivity index (χ3n) is 13.9. The van der Waals surface area contributed by atoms with Crippen LogP contribution in [-0.2, 0) is 5.41 Å². The highest BCUT2D eigenvalue weighted by Crippen LogP contribution is 2.59. The Morgan fingerprint density at radius 3 is 1.50 bits per heavy atom. The fourth-order valence-corrected chi connectivity index (χ4v) is 11.2. The Labute approximate surface area is 375 Å². The number of hydrogen-bond acceptors (Lipinski definition) is 2. The van der Waals surface area contributed by atoms with Gasteiger partial charge in [-0.25, -0.2) is 0 Å². The second kappa shape index (κ2) is 14.5. The van der Waals surface area contributed by atoms with Crippen LogP contribution < -0.4 is 20.6 Å². The summed E-state index contributed by atoms with van der Waals surface area (Å²) in [5.74, 6) is 0. The summed E-state index contributed by atoms with van der Waals surface area (Å²) in [5.41, 5.74) is 22.8. The molecule has 0 unspecified atom stereocenters. The van der Waals surface area contributed by atoms with Crippen molar-refractivity contribution in [3.05, 3.63) is 271 Å². The maximum absolute atomic E-state index is 2.64. The first-order valence-corrected chi connectivity index (χ1v) is 22.3. The second-order valence-electron chi connectivity index (χ2n) is 17.2. The maximum Gasteiger partial charge on any atom is 0.333 e. The molecule has 3 aliphatic heterocycles. The van der Waals surface area contributed by atoms with Crippen molar-refractivity contribution in [2.75, 3.05) is 9.71 Å². The summed E-state index contributed by atoms with van der Waals surface area (Å²) in [6, 6.07) is 92.4. The van der Waals surface area contributed by atoms with E-state index in [2.05, 4.69) is 258 Å². The Morgan fingerprint density at radius 1 is 0.328 bits per heavy atom. The van der Waals surface area contributed by atoms with E-state index in [1.54, 1.807) is 0 Å². The largest absolute Gasteiger partial charge is 0.376 e. The van der Waals surface area contributed by atoms with Gasteiger partial charge in [0.1, 0.15) is 0 Å². The second-order valence-corrected chi connectivity index (χ2v) is 17.2. The first-order chi connectivity index (χ1) is 31.8. The molecule has 13 rings (SSSR count). The fourth-order valence-electron chi connectivity index (χ4n) is 11.2. The summed E-state index contributed by atoms with van der Waals surface area (Å²) >= 11 is 0. The van der Waals surface area contributed by atoms with Gasteiger partial charge in [0.15, 0.2) is 0 Å². The molecule has 0 aromatic heterocycles. The van der Waals surface area contributed by atoms with Gasteiger partial charge in [-0.05, 0) is 115 Å². The van der Waals surface area contributed by atoms with Gasteiger partial charge < -0.3 is 9.71 Å². The maximum atomic E-state index is 2.64. The van der Waals surface area contributed by atoms with Crippen molar-refractivity contribution in [1.29, 1.82) is 0 Å². The molecule has 0 saturated carbocycles. The third-order valence-corrected chi connectivity index (χ3v) is 13.9. The van der Waals surface area contributed by atoms with Crippen LogP contribution in [0.4, 0.5) is 28.4 Å².